The number of amidine groups is 1. The fourth-order valence-corrected chi connectivity index (χ4v) is 1.12. The Balaban J connectivity index is 3.51. The normalized spacial score (nSPS) is 12.9. The van der Waals surface area contributed by atoms with Crippen molar-refractivity contribution in [3.05, 3.63) is 29.1 Å². The minimum absolute atomic E-state index is 0.0210. The third-order valence-electron chi connectivity index (χ3n) is 1.83. The second kappa shape index (κ2) is 5.05. The van der Waals surface area contributed by atoms with Gasteiger partial charge in [-0.15, -0.1) is 11.6 Å². The van der Waals surface area contributed by atoms with Crippen molar-refractivity contribution in [2.45, 2.75) is 6.18 Å². The molecule has 0 unspecified atom stereocenters. The number of hydrogen-bond donors (Lipinski definition) is 1. The maximum Gasteiger partial charge on any atom is 0.419 e. The average Bonchev–Trinajstić information content (AvgIpc) is 2.28. The molecule has 0 atom stereocenters. The molecule has 18 heavy (non-hydrogen) atoms. The number of nitrogens with zero attached hydrogens (tertiary/aromatic N) is 1. The van der Waals surface area contributed by atoms with E-state index in [0.29, 0.717) is 0 Å². The van der Waals surface area contributed by atoms with Gasteiger partial charge in [-0.2, -0.15) is 13.2 Å². The minimum atomic E-state index is -5.18. The first-order valence-electron chi connectivity index (χ1n) is 4.32. The fraction of sp³-hybridized carbons (Fsp3) is 0.222. The van der Waals surface area contributed by atoms with Gasteiger partial charge >= 0.3 is 6.18 Å². The number of rotatable bonds is 2. The molecular formula is C9H5ClF6N2. The molecule has 2 nitrogen and oxygen atoms in total. The highest BCUT2D eigenvalue weighted by molar-refractivity contribution is 6.28. The van der Waals surface area contributed by atoms with Crippen LogP contribution in [-0.4, -0.2) is 11.7 Å². The molecule has 0 heterocycles. The zero-order valence-corrected chi connectivity index (χ0v) is 9.21. The van der Waals surface area contributed by atoms with E-state index >= 15 is 0 Å². The van der Waals surface area contributed by atoms with E-state index in [2.05, 4.69) is 4.99 Å². The van der Waals surface area contributed by atoms with Crippen molar-refractivity contribution in [2.24, 2.45) is 10.7 Å². The summed E-state index contributed by atoms with van der Waals surface area (Å²) in [5.41, 5.74) is 2.04. The Morgan fingerprint density at radius 3 is 2.17 bits per heavy atom. The molecule has 0 spiro atoms. The first-order valence-corrected chi connectivity index (χ1v) is 4.85. The summed E-state index contributed by atoms with van der Waals surface area (Å²) in [6.45, 7) is 0. The zero-order chi connectivity index (χ0) is 14.1. The van der Waals surface area contributed by atoms with E-state index < -0.39 is 46.6 Å². The van der Waals surface area contributed by atoms with Crippen LogP contribution in [0.15, 0.2) is 11.1 Å². The van der Waals surface area contributed by atoms with Crippen molar-refractivity contribution in [1.82, 2.24) is 0 Å². The van der Waals surface area contributed by atoms with E-state index in [0.717, 1.165) is 0 Å². The lowest BCUT2D eigenvalue weighted by molar-refractivity contribution is -0.140. The summed E-state index contributed by atoms with van der Waals surface area (Å²) in [4.78, 5) is 3.13. The number of nitrogens with two attached hydrogens (primary N) is 1. The lowest BCUT2D eigenvalue weighted by Crippen LogP contribution is -2.14. The van der Waals surface area contributed by atoms with Crippen molar-refractivity contribution in [3.63, 3.8) is 0 Å². The van der Waals surface area contributed by atoms with E-state index in [9.17, 15) is 26.3 Å². The van der Waals surface area contributed by atoms with Gasteiger partial charge in [0.05, 0.1) is 11.4 Å². The maximum absolute atomic E-state index is 13.1. The van der Waals surface area contributed by atoms with E-state index in [-0.39, 0.29) is 6.07 Å². The van der Waals surface area contributed by atoms with E-state index in [1.807, 2.05) is 0 Å². The number of halogens is 7. The quantitative estimate of drug-likeness (QED) is 0.293. The van der Waals surface area contributed by atoms with Gasteiger partial charge in [0.15, 0.2) is 17.5 Å². The third-order valence-corrected chi connectivity index (χ3v) is 2.11. The molecule has 0 saturated heterocycles. The Morgan fingerprint density at radius 1 is 1.17 bits per heavy atom. The standard InChI is InChI=1S/C9H5ClF6N2/c10-2-5(17)18-4-1-3(9(14,15)16)6(11)8(13)7(4)12/h1H,2H2,(H2,17,18). The number of aliphatic imine (C=N–C) groups is 1. The molecule has 0 aliphatic heterocycles. The molecule has 2 N–H and O–H groups in total. The first-order chi connectivity index (χ1) is 8.18. The van der Waals surface area contributed by atoms with Crippen LogP contribution in [0.2, 0.25) is 0 Å². The molecule has 0 amide bonds. The second-order valence-corrected chi connectivity index (χ2v) is 3.39. The summed E-state index contributed by atoms with van der Waals surface area (Å²) in [6.07, 6.45) is -5.18. The van der Waals surface area contributed by atoms with E-state index in [1.165, 1.54) is 0 Å². The van der Waals surface area contributed by atoms with Gasteiger partial charge in [0.1, 0.15) is 11.5 Å². The highest BCUT2D eigenvalue weighted by atomic mass is 35.5. The maximum atomic E-state index is 13.1. The predicted octanol–water partition coefficient (Wildman–Crippen LogP) is 3.35. The van der Waals surface area contributed by atoms with Crippen molar-refractivity contribution in [3.8, 4) is 0 Å². The minimum Gasteiger partial charge on any atom is -0.386 e. The highest BCUT2D eigenvalue weighted by Gasteiger charge is 2.37. The first kappa shape index (κ1) is 14.6. The summed E-state index contributed by atoms with van der Waals surface area (Å²) >= 11 is 5.19. The zero-order valence-electron chi connectivity index (χ0n) is 8.45. The Hall–Kier alpha value is -1.44. The van der Waals surface area contributed by atoms with Crippen molar-refractivity contribution < 1.29 is 26.3 Å². The summed E-state index contributed by atoms with van der Waals surface area (Å²) in [5, 5.41) is 0. The lowest BCUT2D eigenvalue weighted by Gasteiger charge is -2.10. The largest absolute Gasteiger partial charge is 0.419 e. The second-order valence-electron chi connectivity index (χ2n) is 3.12. The molecule has 0 aromatic heterocycles. The van der Waals surface area contributed by atoms with Gasteiger partial charge in [0.2, 0.25) is 0 Å². The summed E-state index contributed by atoms with van der Waals surface area (Å²) < 4.78 is 76.0. The van der Waals surface area contributed by atoms with Crippen LogP contribution >= 0.6 is 11.6 Å². The van der Waals surface area contributed by atoms with Crippen molar-refractivity contribution in [1.29, 1.82) is 0 Å². The molecule has 1 aromatic carbocycles. The summed E-state index contributed by atoms with van der Waals surface area (Å²) in [7, 11) is 0. The van der Waals surface area contributed by atoms with Gasteiger partial charge in [0.25, 0.3) is 0 Å². The van der Waals surface area contributed by atoms with Gasteiger partial charge in [-0.05, 0) is 6.07 Å². The fourth-order valence-electron chi connectivity index (χ4n) is 1.06. The molecule has 1 aromatic rings. The van der Waals surface area contributed by atoms with Gasteiger partial charge in [0, 0.05) is 0 Å². The van der Waals surface area contributed by atoms with Gasteiger partial charge in [-0.1, -0.05) is 0 Å². The van der Waals surface area contributed by atoms with Crippen LogP contribution in [0.25, 0.3) is 0 Å². The van der Waals surface area contributed by atoms with Crippen LogP contribution < -0.4 is 5.73 Å². The average molecular weight is 291 g/mol. The summed E-state index contributed by atoms with van der Waals surface area (Å²) in [5.74, 6) is -7.31. The molecule has 0 fully saturated rings. The Kier molecular flexibility index (Phi) is 4.10. The van der Waals surface area contributed by atoms with Gasteiger partial charge in [-0.25, -0.2) is 18.2 Å². The molecule has 9 heteroatoms. The molecular weight excluding hydrogens is 286 g/mol. The molecule has 0 saturated carbocycles. The smallest absolute Gasteiger partial charge is 0.386 e. The molecule has 0 bridgehead atoms. The van der Waals surface area contributed by atoms with Crippen LogP contribution in [0.3, 0.4) is 0 Å². The topological polar surface area (TPSA) is 38.4 Å². The molecule has 0 aliphatic carbocycles. The predicted molar refractivity (Wildman–Crippen MR) is 53.3 cm³/mol. The monoisotopic (exact) mass is 290 g/mol. The lowest BCUT2D eigenvalue weighted by atomic mass is 10.1. The van der Waals surface area contributed by atoms with Gasteiger partial charge < -0.3 is 5.73 Å². The van der Waals surface area contributed by atoms with Crippen LogP contribution in [0, 0.1) is 17.5 Å². The third kappa shape index (κ3) is 2.87. The van der Waals surface area contributed by atoms with Crippen LogP contribution in [0.4, 0.5) is 32.0 Å². The Labute approximate surface area is 102 Å². The number of benzene rings is 1. The van der Waals surface area contributed by atoms with E-state index in [1.54, 1.807) is 0 Å². The molecule has 1 rings (SSSR count). The number of hydrogen-bond acceptors (Lipinski definition) is 1. The molecule has 100 valence electrons. The molecule has 0 aliphatic rings. The van der Waals surface area contributed by atoms with Crippen LogP contribution in [-0.2, 0) is 6.18 Å². The van der Waals surface area contributed by atoms with Crippen LogP contribution in [0.5, 0.6) is 0 Å². The Morgan fingerprint density at radius 2 is 1.72 bits per heavy atom. The van der Waals surface area contributed by atoms with E-state index in [4.69, 9.17) is 17.3 Å². The molecule has 0 radical (unpaired) electrons. The SMILES string of the molecule is NC(CCl)=Nc1cc(C(F)(F)F)c(F)c(F)c1F. The van der Waals surface area contributed by atoms with Crippen molar-refractivity contribution in [2.75, 3.05) is 5.88 Å². The van der Waals surface area contributed by atoms with Gasteiger partial charge in [-0.3, -0.25) is 0 Å². The number of alkyl halides is 4. The van der Waals surface area contributed by atoms with Crippen molar-refractivity contribution >= 4 is 23.1 Å². The highest BCUT2D eigenvalue weighted by Crippen LogP contribution is 2.36. The summed E-state index contributed by atoms with van der Waals surface area (Å²) in [6, 6.07) is 0.0210. The van der Waals surface area contributed by atoms with Crippen LogP contribution in [0.1, 0.15) is 5.56 Å². The Bertz CT molecular complexity index is 497.